The van der Waals surface area contributed by atoms with Gasteiger partial charge >= 0.3 is 6.18 Å². The number of hydrogen-bond donors (Lipinski definition) is 2. The maximum absolute atomic E-state index is 14.7. The number of anilines is 2. The predicted molar refractivity (Wildman–Crippen MR) is 143 cm³/mol. The van der Waals surface area contributed by atoms with Gasteiger partial charge in [0.2, 0.25) is 0 Å². The summed E-state index contributed by atoms with van der Waals surface area (Å²) < 4.78 is 56.4. The Kier molecular flexibility index (Phi) is 8.45. The van der Waals surface area contributed by atoms with Crippen LogP contribution in [0, 0.1) is 24.6 Å². The molecule has 2 heterocycles. The number of alkyl halides is 3. The summed E-state index contributed by atoms with van der Waals surface area (Å²) in [4.78, 5) is 20.9. The number of likely N-dealkylation sites (N-methyl/N-ethyl adjacent to an activating group) is 1. The summed E-state index contributed by atoms with van der Waals surface area (Å²) in [7, 11) is 1.97. The van der Waals surface area contributed by atoms with Crippen molar-refractivity contribution >= 4 is 29.0 Å². The van der Waals surface area contributed by atoms with E-state index in [9.17, 15) is 22.4 Å². The van der Waals surface area contributed by atoms with Gasteiger partial charge in [-0.15, -0.1) is 0 Å². The lowest BCUT2D eigenvalue weighted by molar-refractivity contribution is -0.138. The van der Waals surface area contributed by atoms with Crippen molar-refractivity contribution in [2.24, 2.45) is 0 Å². The summed E-state index contributed by atoms with van der Waals surface area (Å²) in [5, 5.41) is 2.62. The average molecular weight is 560 g/mol. The second kappa shape index (κ2) is 11.6. The molecule has 11 heteroatoms. The molecule has 0 atom stereocenters. The average Bonchev–Trinajstić information content (AvgIpc) is 2.87. The minimum absolute atomic E-state index is 0.0929. The molecular formula is C28H26ClF4N5O. The number of aromatic nitrogens is 1. The van der Waals surface area contributed by atoms with Crippen LogP contribution in [-0.4, -0.2) is 53.9 Å². The fourth-order valence-electron chi connectivity index (χ4n) is 4.14. The third-order valence-corrected chi connectivity index (χ3v) is 6.74. The number of piperazine rings is 1. The Bertz CT molecular complexity index is 1460. The van der Waals surface area contributed by atoms with Crippen molar-refractivity contribution in [3.8, 4) is 11.8 Å². The second-order valence-corrected chi connectivity index (χ2v) is 9.80. The zero-order chi connectivity index (χ0) is 28.3. The molecule has 2 aromatic carbocycles. The number of pyridine rings is 1. The Morgan fingerprint density at radius 3 is 2.51 bits per heavy atom. The van der Waals surface area contributed by atoms with Gasteiger partial charge in [0.25, 0.3) is 5.91 Å². The first-order valence-corrected chi connectivity index (χ1v) is 12.4. The van der Waals surface area contributed by atoms with Crippen molar-refractivity contribution in [1.82, 2.24) is 14.8 Å². The normalized spacial score (nSPS) is 14.5. The molecule has 0 radical (unpaired) electrons. The van der Waals surface area contributed by atoms with Crippen LogP contribution in [0.3, 0.4) is 0 Å². The molecule has 4 rings (SSSR count). The highest BCUT2D eigenvalue weighted by atomic mass is 35.5. The summed E-state index contributed by atoms with van der Waals surface area (Å²) in [6, 6.07) is 7.55. The molecular weight excluding hydrogens is 534 g/mol. The van der Waals surface area contributed by atoms with Crippen LogP contribution >= 0.6 is 11.6 Å². The van der Waals surface area contributed by atoms with Gasteiger partial charge in [0.1, 0.15) is 11.6 Å². The number of benzene rings is 2. The monoisotopic (exact) mass is 559 g/mol. The van der Waals surface area contributed by atoms with E-state index >= 15 is 0 Å². The van der Waals surface area contributed by atoms with E-state index in [-0.39, 0.29) is 34.2 Å². The summed E-state index contributed by atoms with van der Waals surface area (Å²) in [5.41, 5.74) is 5.71. The van der Waals surface area contributed by atoms with Gasteiger partial charge in [-0.3, -0.25) is 9.69 Å². The van der Waals surface area contributed by atoms with Gasteiger partial charge < -0.3 is 16.0 Å². The number of carbonyl (C=O) groups excluding carboxylic acids is 1. The van der Waals surface area contributed by atoms with Crippen molar-refractivity contribution in [2.45, 2.75) is 19.6 Å². The lowest BCUT2D eigenvalue weighted by atomic mass is 10.0. The van der Waals surface area contributed by atoms with Crippen molar-refractivity contribution in [3.05, 3.63) is 86.8 Å². The van der Waals surface area contributed by atoms with Crippen LogP contribution in [0.25, 0.3) is 0 Å². The minimum atomic E-state index is -4.62. The van der Waals surface area contributed by atoms with Gasteiger partial charge in [0.05, 0.1) is 16.1 Å². The summed E-state index contributed by atoms with van der Waals surface area (Å²) in [6.07, 6.45) is -3.20. The zero-order valence-corrected chi connectivity index (χ0v) is 22.0. The maximum atomic E-state index is 14.7. The molecule has 1 amide bonds. The lowest BCUT2D eigenvalue weighted by Crippen LogP contribution is -2.44. The Labute approximate surface area is 228 Å². The number of halogens is 5. The third-order valence-electron chi connectivity index (χ3n) is 6.43. The number of amides is 1. The highest BCUT2D eigenvalue weighted by Crippen LogP contribution is 2.35. The van der Waals surface area contributed by atoms with E-state index in [1.165, 1.54) is 30.5 Å². The number of carbonyl (C=O) groups is 1. The molecule has 39 heavy (non-hydrogen) atoms. The first kappa shape index (κ1) is 28.4. The van der Waals surface area contributed by atoms with Gasteiger partial charge in [-0.25, -0.2) is 9.37 Å². The molecule has 3 aromatic rings. The Morgan fingerprint density at radius 1 is 1.13 bits per heavy atom. The largest absolute Gasteiger partial charge is 0.416 e. The first-order chi connectivity index (χ1) is 18.4. The molecule has 204 valence electrons. The smallest absolute Gasteiger partial charge is 0.382 e. The Hall–Kier alpha value is -3.65. The molecule has 0 spiro atoms. The predicted octanol–water partition coefficient (Wildman–Crippen LogP) is 5.18. The number of aryl methyl sites for hydroxylation is 1. The fourth-order valence-corrected chi connectivity index (χ4v) is 4.31. The number of hydrogen-bond acceptors (Lipinski definition) is 5. The maximum Gasteiger partial charge on any atom is 0.416 e. The van der Waals surface area contributed by atoms with E-state index in [4.69, 9.17) is 17.3 Å². The van der Waals surface area contributed by atoms with Gasteiger partial charge in [-0.2, -0.15) is 13.2 Å². The van der Waals surface area contributed by atoms with Crippen LogP contribution in [0.5, 0.6) is 0 Å². The summed E-state index contributed by atoms with van der Waals surface area (Å²) in [6.45, 7) is 4.62. The van der Waals surface area contributed by atoms with Crippen LogP contribution in [-0.2, 0) is 12.7 Å². The van der Waals surface area contributed by atoms with Crippen LogP contribution in [0.2, 0.25) is 5.02 Å². The highest BCUT2D eigenvalue weighted by molar-refractivity contribution is 6.32. The third kappa shape index (κ3) is 7.06. The Balaban J connectivity index is 1.57. The molecule has 3 N–H and O–H groups in total. The lowest BCUT2D eigenvalue weighted by Gasteiger charge is -2.33. The van der Waals surface area contributed by atoms with Crippen molar-refractivity contribution in [1.29, 1.82) is 0 Å². The van der Waals surface area contributed by atoms with Gasteiger partial charge in [0, 0.05) is 55.7 Å². The van der Waals surface area contributed by atoms with Crippen molar-refractivity contribution in [3.63, 3.8) is 0 Å². The van der Waals surface area contributed by atoms with E-state index < -0.39 is 23.5 Å². The first-order valence-electron chi connectivity index (χ1n) is 12.1. The van der Waals surface area contributed by atoms with Crippen molar-refractivity contribution < 1.29 is 22.4 Å². The van der Waals surface area contributed by atoms with Gasteiger partial charge in [-0.05, 0) is 55.4 Å². The number of rotatable bonds is 4. The SMILES string of the molecule is Cc1cc(F)c(C(=O)Nc2ccc(CN3CCN(C)CC3)c(C(F)(F)F)c2)cc1C#Cc1cnc(N)c(Cl)c1. The minimum Gasteiger partial charge on any atom is -0.382 e. The number of nitrogen functional groups attached to an aromatic ring is 1. The highest BCUT2D eigenvalue weighted by Gasteiger charge is 2.34. The van der Waals surface area contributed by atoms with E-state index in [0.717, 1.165) is 25.2 Å². The number of nitrogens with two attached hydrogens (primary N) is 1. The van der Waals surface area contributed by atoms with Gasteiger partial charge in [0.15, 0.2) is 0 Å². The molecule has 6 nitrogen and oxygen atoms in total. The van der Waals surface area contributed by atoms with Crippen LogP contribution < -0.4 is 11.1 Å². The number of nitrogens with one attached hydrogen (secondary N) is 1. The van der Waals surface area contributed by atoms with E-state index in [0.29, 0.717) is 29.8 Å². The topological polar surface area (TPSA) is 74.5 Å². The van der Waals surface area contributed by atoms with Crippen molar-refractivity contribution in [2.75, 3.05) is 44.3 Å². The molecule has 0 saturated carbocycles. The summed E-state index contributed by atoms with van der Waals surface area (Å²) in [5.74, 6) is 4.11. The zero-order valence-electron chi connectivity index (χ0n) is 21.3. The quantitative estimate of drug-likeness (QED) is 0.340. The Morgan fingerprint density at radius 2 is 1.85 bits per heavy atom. The van der Waals surface area contributed by atoms with Gasteiger partial charge in [-0.1, -0.05) is 29.5 Å². The molecule has 1 aromatic heterocycles. The molecule has 1 aliphatic heterocycles. The van der Waals surface area contributed by atoms with Crippen LogP contribution in [0.1, 0.15) is 38.2 Å². The molecule has 0 aliphatic carbocycles. The van der Waals surface area contributed by atoms with E-state index in [1.54, 1.807) is 6.92 Å². The number of nitrogens with zero attached hydrogens (tertiary/aromatic N) is 3. The van der Waals surface area contributed by atoms with Crippen LogP contribution in [0.15, 0.2) is 42.6 Å². The second-order valence-electron chi connectivity index (χ2n) is 9.39. The molecule has 1 fully saturated rings. The fraction of sp³-hybridized carbons (Fsp3) is 0.286. The molecule has 1 aliphatic rings. The summed E-state index contributed by atoms with van der Waals surface area (Å²) >= 11 is 5.96. The standard InChI is InChI=1S/C28H26ClF4N5O/c1-17-11-25(30)22(13-19(17)4-3-18-12-24(29)26(34)35-15-18)27(39)36-21-6-5-20(23(14-21)28(31,32)33)16-38-9-7-37(2)8-10-38/h5-6,11-15H,7-10,16H2,1-2H3,(H2,34,35)(H,36,39). The molecule has 1 saturated heterocycles. The molecule has 0 unspecified atom stereocenters. The van der Waals surface area contributed by atoms with E-state index in [2.05, 4.69) is 27.0 Å². The molecule has 0 bridgehead atoms. The van der Waals surface area contributed by atoms with Crippen LogP contribution in [0.4, 0.5) is 29.1 Å². The van der Waals surface area contributed by atoms with E-state index in [1.807, 2.05) is 11.9 Å².